The number of pyridine rings is 1. The van der Waals surface area contributed by atoms with Crippen molar-refractivity contribution in [2.24, 2.45) is 0 Å². The lowest BCUT2D eigenvalue weighted by molar-refractivity contribution is -0.276. The van der Waals surface area contributed by atoms with E-state index in [0.717, 1.165) is 12.1 Å². The van der Waals surface area contributed by atoms with Gasteiger partial charge in [0.15, 0.2) is 5.69 Å². The third-order valence-electron chi connectivity index (χ3n) is 1.51. The van der Waals surface area contributed by atoms with Crippen LogP contribution >= 0.6 is 11.6 Å². The van der Waals surface area contributed by atoms with Crippen LogP contribution in [0, 0.1) is 0 Å². The number of esters is 1. The van der Waals surface area contributed by atoms with Crippen LogP contribution in [-0.2, 0) is 4.74 Å². The lowest BCUT2D eigenvalue weighted by atomic mass is 10.3. The number of ether oxygens (including phenoxy) is 2. The van der Waals surface area contributed by atoms with E-state index < -0.39 is 18.2 Å². The number of alkyl halides is 3. The van der Waals surface area contributed by atoms with E-state index in [1.807, 2.05) is 0 Å². The van der Waals surface area contributed by atoms with Gasteiger partial charge in [0.25, 0.3) is 0 Å². The Morgan fingerprint density at radius 2 is 2.12 bits per heavy atom. The van der Waals surface area contributed by atoms with Crippen LogP contribution < -0.4 is 4.74 Å². The molecule has 0 spiro atoms. The fraction of sp³-hybridized carbons (Fsp3) is 0.333. The standard InChI is InChI=1S/C9H7ClF3NO3/c1-2-16-8(15)6-4-3-5(10)7(14-6)17-9(11,12)13/h3-4H,2H2,1H3. The molecule has 0 bridgehead atoms. The zero-order chi connectivity index (χ0) is 13.1. The van der Waals surface area contributed by atoms with Crippen molar-refractivity contribution in [2.45, 2.75) is 13.3 Å². The monoisotopic (exact) mass is 269 g/mol. The summed E-state index contributed by atoms with van der Waals surface area (Å²) in [5.41, 5.74) is -0.310. The number of nitrogens with zero attached hydrogens (tertiary/aromatic N) is 1. The van der Waals surface area contributed by atoms with Gasteiger partial charge < -0.3 is 9.47 Å². The van der Waals surface area contributed by atoms with E-state index in [2.05, 4.69) is 14.5 Å². The molecule has 94 valence electrons. The van der Waals surface area contributed by atoms with E-state index in [4.69, 9.17) is 11.6 Å². The Labute approximate surface area is 99.3 Å². The fourth-order valence-electron chi connectivity index (χ4n) is 0.923. The third kappa shape index (κ3) is 4.10. The summed E-state index contributed by atoms with van der Waals surface area (Å²) >= 11 is 5.44. The quantitative estimate of drug-likeness (QED) is 0.792. The maximum absolute atomic E-state index is 12.0. The second kappa shape index (κ2) is 5.22. The molecule has 0 atom stereocenters. The average molecular weight is 270 g/mol. The molecule has 8 heteroatoms. The molecule has 0 N–H and O–H groups in total. The molecule has 1 heterocycles. The molecule has 0 amide bonds. The third-order valence-corrected chi connectivity index (χ3v) is 1.80. The SMILES string of the molecule is CCOC(=O)c1ccc(Cl)c(OC(F)(F)F)n1. The highest BCUT2D eigenvalue weighted by atomic mass is 35.5. The van der Waals surface area contributed by atoms with E-state index in [1.165, 1.54) is 0 Å². The minimum atomic E-state index is -4.93. The van der Waals surface area contributed by atoms with Gasteiger partial charge in [-0.25, -0.2) is 9.78 Å². The molecular formula is C9H7ClF3NO3. The summed E-state index contributed by atoms with van der Waals surface area (Å²) in [5.74, 6) is -1.74. The number of halogens is 4. The van der Waals surface area contributed by atoms with Gasteiger partial charge in [-0.3, -0.25) is 0 Å². The van der Waals surface area contributed by atoms with Crippen LogP contribution in [0.4, 0.5) is 13.2 Å². The van der Waals surface area contributed by atoms with Crippen LogP contribution in [0.2, 0.25) is 5.02 Å². The van der Waals surface area contributed by atoms with Gasteiger partial charge in [0.2, 0.25) is 5.88 Å². The first-order valence-corrected chi connectivity index (χ1v) is 4.80. The predicted molar refractivity (Wildman–Crippen MR) is 51.9 cm³/mol. The lowest BCUT2D eigenvalue weighted by Gasteiger charge is -2.10. The second-order valence-electron chi connectivity index (χ2n) is 2.75. The zero-order valence-corrected chi connectivity index (χ0v) is 9.30. The van der Waals surface area contributed by atoms with Gasteiger partial charge in [-0.2, -0.15) is 0 Å². The number of carbonyl (C=O) groups is 1. The van der Waals surface area contributed by atoms with Crippen molar-refractivity contribution in [2.75, 3.05) is 6.61 Å². The van der Waals surface area contributed by atoms with Crippen molar-refractivity contribution < 1.29 is 27.4 Å². The van der Waals surface area contributed by atoms with Crippen molar-refractivity contribution in [3.63, 3.8) is 0 Å². The molecule has 0 saturated carbocycles. The Bertz CT molecular complexity index is 422. The van der Waals surface area contributed by atoms with Gasteiger partial charge in [-0.05, 0) is 19.1 Å². The van der Waals surface area contributed by atoms with Gasteiger partial charge in [0, 0.05) is 0 Å². The first-order chi connectivity index (χ1) is 7.83. The molecule has 0 aliphatic rings. The molecular weight excluding hydrogens is 263 g/mol. The Kier molecular flexibility index (Phi) is 4.17. The Morgan fingerprint density at radius 1 is 1.47 bits per heavy atom. The molecule has 1 rings (SSSR count). The van der Waals surface area contributed by atoms with Crippen molar-refractivity contribution in [1.29, 1.82) is 0 Å². The first-order valence-electron chi connectivity index (χ1n) is 4.43. The highest BCUT2D eigenvalue weighted by Gasteiger charge is 2.33. The van der Waals surface area contributed by atoms with Crippen LogP contribution in [0.15, 0.2) is 12.1 Å². The number of carbonyl (C=O) groups excluding carboxylic acids is 1. The fourth-order valence-corrected chi connectivity index (χ4v) is 1.07. The number of hydrogen-bond donors (Lipinski definition) is 0. The lowest BCUT2D eigenvalue weighted by Crippen LogP contribution is -2.19. The number of hydrogen-bond acceptors (Lipinski definition) is 4. The van der Waals surface area contributed by atoms with Gasteiger partial charge in [-0.1, -0.05) is 11.6 Å². The molecule has 0 fully saturated rings. The molecule has 1 aromatic heterocycles. The highest BCUT2D eigenvalue weighted by molar-refractivity contribution is 6.31. The summed E-state index contributed by atoms with van der Waals surface area (Å²) < 4.78 is 44.0. The maximum Gasteiger partial charge on any atom is 0.574 e. The summed E-state index contributed by atoms with van der Waals surface area (Å²) in [7, 11) is 0. The van der Waals surface area contributed by atoms with Gasteiger partial charge in [0.05, 0.1) is 6.61 Å². The van der Waals surface area contributed by atoms with Crippen molar-refractivity contribution in [1.82, 2.24) is 4.98 Å². The van der Waals surface area contributed by atoms with Crippen molar-refractivity contribution in [3.8, 4) is 5.88 Å². The summed E-state index contributed by atoms with van der Waals surface area (Å²) in [4.78, 5) is 14.5. The van der Waals surface area contributed by atoms with E-state index in [9.17, 15) is 18.0 Å². The highest BCUT2D eigenvalue weighted by Crippen LogP contribution is 2.28. The van der Waals surface area contributed by atoms with Crippen LogP contribution in [0.25, 0.3) is 0 Å². The molecule has 17 heavy (non-hydrogen) atoms. The summed E-state index contributed by atoms with van der Waals surface area (Å²) in [6, 6.07) is 2.21. The van der Waals surface area contributed by atoms with E-state index in [0.29, 0.717) is 0 Å². The topological polar surface area (TPSA) is 48.4 Å². The average Bonchev–Trinajstić information content (AvgIpc) is 2.19. The second-order valence-corrected chi connectivity index (χ2v) is 3.16. The largest absolute Gasteiger partial charge is 0.574 e. The molecule has 0 aromatic carbocycles. The number of aromatic nitrogens is 1. The Morgan fingerprint density at radius 3 is 2.65 bits per heavy atom. The summed E-state index contributed by atoms with van der Waals surface area (Å²) in [6.45, 7) is 1.64. The molecule has 0 radical (unpaired) electrons. The van der Waals surface area contributed by atoms with Crippen LogP contribution in [-0.4, -0.2) is 23.9 Å². The molecule has 1 aromatic rings. The summed E-state index contributed by atoms with van der Waals surface area (Å²) in [5, 5.41) is -0.352. The Balaban J connectivity index is 2.98. The molecule has 4 nitrogen and oxygen atoms in total. The predicted octanol–water partition coefficient (Wildman–Crippen LogP) is 2.81. The van der Waals surface area contributed by atoms with E-state index in [-0.39, 0.29) is 17.3 Å². The number of rotatable bonds is 3. The van der Waals surface area contributed by atoms with Crippen LogP contribution in [0.5, 0.6) is 5.88 Å². The van der Waals surface area contributed by atoms with Crippen molar-refractivity contribution >= 4 is 17.6 Å². The smallest absolute Gasteiger partial charge is 0.461 e. The zero-order valence-electron chi connectivity index (χ0n) is 8.55. The molecule has 0 aliphatic carbocycles. The molecule has 0 saturated heterocycles. The maximum atomic E-state index is 12.0. The van der Waals surface area contributed by atoms with Gasteiger partial charge in [0.1, 0.15) is 5.02 Å². The molecule has 0 aliphatic heterocycles. The van der Waals surface area contributed by atoms with Gasteiger partial charge >= 0.3 is 12.3 Å². The van der Waals surface area contributed by atoms with Crippen LogP contribution in [0.3, 0.4) is 0 Å². The van der Waals surface area contributed by atoms with E-state index >= 15 is 0 Å². The Hall–Kier alpha value is -1.50. The minimum absolute atomic E-state index is 0.0819. The first kappa shape index (κ1) is 13.6. The molecule has 0 unspecified atom stereocenters. The van der Waals surface area contributed by atoms with Crippen molar-refractivity contribution in [3.05, 3.63) is 22.8 Å². The minimum Gasteiger partial charge on any atom is -0.461 e. The van der Waals surface area contributed by atoms with Gasteiger partial charge in [-0.15, -0.1) is 13.2 Å². The normalized spacial score (nSPS) is 11.1. The summed E-state index contributed by atoms with van der Waals surface area (Å²) in [6.07, 6.45) is -4.93. The van der Waals surface area contributed by atoms with Crippen LogP contribution in [0.1, 0.15) is 17.4 Å². The van der Waals surface area contributed by atoms with E-state index in [1.54, 1.807) is 6.92 Å².